The van der Waals surface area contributed by atoms with Gasteiger partial charge in [-0.15, -0.1) is 10.2 Å². The van der Waals surface area contributed by atoms with Crippen LogP contribution in [0.2, 0.25) is 0 Å². The molecule has 0 spiro atoms. The highest BCUT2D eigenvalue weighted by Crippen LogP contribution is 2.24. The number of nitrogens with zero attached hydrogens (tertiary/aromatic N) is 5. The smallest absolute Gasteiger partial charge is 0.250 e. The fourth-order valence-corrected chi connectivity index (χ4v) is 4.09. The lowest BCUT2D eigenvalue weighted by atomic mass is 10.1. The molecule has 1 heterocycles. The van der Waals surface area contributed by atoms with Crippen molar-refractivity contribution >= 4 is 29.6 Å². The minimum Gasteiger partial charge on any atom is -0.372 e. The maximum absolute atomic E-state index is 12.2. The minimum atomic E-state index is -0.187. The summed E-state index contributed by atoms with van der Waals surface area (Å²) in [7, 11) is 0. The first kappa shape index (κ1) is 23.5. The monoisotopic (exact) mass is 450 g/mol. The van der Waals surface area contributed by atoms with Gasteiger partial charge in [-0.1, -0.05) is 53.7 Å². The molecule has 0 fully saturated rings. The lowest BCUT2D eigenvalue weighted by Crippen LogP contribution is -2.21. The van der Waals surface area contributed by atoms with Gasteiger partial charge in [0.2, 0.25) is 0 Å². The van der Waals surface area contributed by atoms with E-state index in [4.69, 9.17) is 0 Å². The second kappa shape index (κ2) is 11.5. The molecule has 0 unspecified atom stereocenters. The summed E-state index contributed by atoms with van der Waals surface area (Å²) in [6, 6.07) is 16.3. The Morgan fingerprint density at radius 2 is 1.75 bits per heavy atom. The normalized spacial score (nSPS) is 11.1. The highest BCUT2D eigenvalue weighted by Gasteiger charge is 2.14. The zero-order valence-corrected chi connectivity index (χ0v) is 19.9. The van der Waals surface area contributed by atoms with Gasteiger partial charge in [-0.3, -0.25) is 4.79 Å². The number of hydrazone groups is 1. The number of amides is 1. The molecule has 7 nitrogen and oxygen atoms in total. The Balaban J connectivity index is 1.54. The van der Waals surface area contributed by atoms with E-state index in [2.05, 4.69) is 70.7 Å². The third-order valence-corrected chi connectivity index (χ3v) is 6.07. The van der Waals surface area contributed by atoms with Gasteiger partial charge >= 0.3 is 0 Å². The van der Waals surface area contributed by atoms with Gasteiger partial charge in [0, 0.05) is 30.9 Å². The maximum atomic E-state index is 12.2. The zero-order chi connectivity index (χ0) is 22.9. The number of benzene rings is 2. The molecule has 0 radical (unpaired) electrons. The van der Waals surface area contributed by atoms with Gasteiger partial charge in [0.05, 0.1) is 12.0 Å². The van der Waals surface area contributed by atoms with Crippen molar-refractivity contribution in [3.8, 4) is 11.4 Å². The lowest BCUT2D eigenvalue weighted by Gasteiger charge is -2.20. The molecule has 0 saturated carbocycles. The van der Waals surface area contributed by atoms with Crippen molar-refractivity contribution < 1.29 is 4.79 Å². The van der Waals surface area contributed by atoms with Gasteiger partial charge in [0.25, 0.3) is 5.91 Å². The first-order chi connectivity index (χ1) is 15.5. The molecule has 0 aliphatic carbocycles. The summed E-state index contributed by atoms with van der Waals surface area (Å²) in [5.41, 5.74) is 6.91. The molecule has 8 heteroatoms. The fourth-order valence-electron chi connectivity index (χ4n) is 3.30. The second-order valence-electron chi connectivity index (χ2n) is 7.26. The first-order valence-corrected chi connectivity index (χ1v) is 11.8. The van der Waals surface area contributed by atoms with Crippen LogP contribution in [-0.2, 0) is 11.3 Å². The number of carbonyl (C=O) groups is 1. The topological polar surface area (TPSA) is 75.4 Å². The highest BCUT2D eigenvalue weighted by atomic mass is 32.2. The summed E-state index contributed by atoms with van der Waals surface area (Å²) < 4.78 is 2.02. The predicted octanol–water partition coefficient (Wildman–Crippen LogP) is 4.36. The highest BCUT2D eigenvalue weighted by molar-refractivity contribution is 7.99. The van der Waals surface area contributed by atoms with Crippen LogP contribution in [0.3, 0.4) is 0 Å². The minimum absolute atomic E-state index is 0.187. The van der Waals surface area contributed by atoms with E-state index in [1.165, 1.54) is 23.0 Å². The summed E-state index contributed by atoms with van der Waals surface area (Å²) in [6.07, 6.45) is 1.65. The second-order valence-corrected chi connectivity index (χ2v) is 8.20. The Hall–Kier alpha value is -3.13. The van der Waals surface area contributed by atoms with Crippen LogP contribution < -0.4 is 10.3 Å². The van der Waals surface area contributed by atoms with E-state index in [9.17, 15) is 4.79 Å². The molecule has 1 aromatic heterocycles. The number of rotatable bonds is 10. The summed E-state index contributed by atoms with van der Waals surface area (Å²) in [6.45, 7) is 11.0. The van der Waals surface area contributed by atoms with Gasteiger partial charge < -0.3 is 9.47 Å². The average Bonchev–Trinajstić information content (AvgIpc) is 3.23. The molecule has 1 N–H and O–H groups in total. The Morgan fingerprint density at radius 3 is 2.38 bits per heavy atom. The molecule has 32 heavy (non-hydrogen) atoms. The molecular weight excluding hydrogens is 420 g/mol. The van der Waals surface area contributed by atoms with Crippen LogP contribution in [0.25, 0.3) is 11.4 Å². The van der Waals surface area contributed by atoms with Crippen molar-refractivity contribution in [2.45, 2.75) is 39.4 Å². The van der Waals surface area contributed by atoms with Crippen LogP contribution in [0.1, 0.15) is 31.9 Å². The van der Waals surface area contributed by atoms with Crippen molar-refractivity contribution in [2.75, 3.05) is 23.7 Å². The van der Waals surface area contributed by atoms with E-state index in [-0.39, 0.29) is 11.7 Å². The van der Waals surface area contributed by atoms with Crippen molar-refractivity contribution in [3.63, 3.8) is 0 Å². The SMILES string of the molecule is CCN(CC)c1ccc(C=NNC(=O)CSc2nnc(-c3ccc(C)cc3)n2CC)cc1. The van der Waals surface area contributed by atoms with Crippen LogP contribution in [0.15, 0.2) is 58.8 Å². The van der Waals surface area contributed by atoms with Gasteiger partial charge in [-0.25, -0.2) is 5.43 Å². The Labute approximate surface area is 193 Å². The van der Waals surface area contributed by atoms with E-state index < -0.39 is 0 Å². The number of anilines is 1. The molecule has 168 valence electrons. The van der Waals surface area contributed by atoms with Crippen LogP contribution in [0, 0.1) is 6.92 Å². The summed E-state index contributed by atoms with van der Waals surface area (Å²) in [4.78, 5) is 14.5. The van der Waals surface area contributed by atoms with Crippen LogP contribution >= 0.6 is 11.8 Å². The van der Waals surface area contributed by atoms with E-state index in [1.54, 1.807) is 6.21 Å². The van der Waals surface area contributed by atoms with Crippen molar-refractivity contribution in [2.24, 2.45) is 5.10 Å². The Kier molecular flexibility index (Phi) is 8.44. The van der Waals surface area contributed by atoms with Gasteiger partial charge in [0.15, 0.2) is 11.0 Å². The fraction of sp³-hybridized carbons (Fsp3) is 0.333. The molecule has 0 aliphatic heterocycles. The van der Waals surface area contributed by atoms with Gasteiger partial charge in [-0.05, 0) is 45.4 Å². The predicted molar refractivity (Wildman–Crippen MR) is 132 cm³/mol. The molecule has 3 aromatic rings. The summed E-state index contributed by atoms with van der Waals surface area (Å²) in [5.74, 6) is 0.833. The summed E-state index contributed by atoms with van der Waals surface area (Å²) >= 11 is 1.35. The van der Waals surface area contributed by atoms with E-state index in [0.717, 1.165) is 36.6 Å². The summed E-state index contributed by atoms with van der Waals surface area (Å²) in [5, 5.41) is 13.4. The number of thioether (sulfide) groups is 1. The number of hydrogen-bond acceptors (Lipinski definition) is 6. The van der Waals surface area contributed by atoms with Gasteiger partial charge in [0.1, 0.15) is 0 Å². The quantitative estimate of drug-likeness (QED) is 0.282. The number of hydrogen-bond donors (Lipinski definition) is 1. The molecule has 3 rings (SSSR count). The maximum Gasteiger partial charge on any atom is 0.250 e. The third kappa shape index (κ3) is 5.97. The van der Waals surface area contributed by atoms with E-state index in [1.807, 2.05) is 35.8 Å². The standard InChI is InChI=1S/C24H30N6OS/c1-5-29(6-2)21-14-10-19(11-15-21)16-25-26-22(31)17-32-24-28-27-23(30(24)7-3)20-12-8-18(4)9-13-20/h8-16H,5-7,17H2,1-4H3,(H,26,31). The third-order valence-electron chi connectivity index (χ3n) is 5.10. The average molecular weight is 451 g/mol. The molecule has 2 aromatic carbocycles. The van der Waals surface area contributed by atoms with Crippen LogP contribution in [0.5, 0.6) is 0 Å². The first-order valence-electron chi connectivity index (χ1n) is 10.9. The molecule has 0 saturated heterocycles. The zero-order valence-electron chi connectivity index (χ0n) is 19.1. The largest absolute Gasteiger partial charge is 0.372 e. The van der Waals surface area contributed by atoms with E-state index >= 15 is 0 Å². The number of aromatic nitrogens is 3. The molecule has 0 bridgehead atoms. The van der Waals surface area contributed by atoms with Crippen molar-refractivity contribution in [1.29, 1.82) is 0 Å². The number of carbonyl (C=O) groups excluding carboxylic acids is 1. The van der Waals surface area contributed by atoms with E-state index in [0.29, 0.717) is 5.16 Å². The number of aryl methyl sites for hydroxylation is 1. The molecule has 1 amide bonds. The number of nitrogens with one attached hydrogen (secondary N) is 1. The Morgan fingerprint density at radius 1 is 1.06 bits per heavy atom. The molecule has 0 atom stereocenters. The molecule has 0 aliphatic rings. The van der Waals surface area contributed by atoms with Gasteiger partial charge in [-0.2, -0.15) is 5.10 Å². The Bertz CT molecular complexity index is 1040. The lowest BCUT2D eigenvalue weighted by molar-refractivity contribution is -0.118. The van der Waals surface area contributed by atoms with Crippen molar-refractivity contribution in [3.05, 3.63) is 59.7 Å². The van der Waals surface area contributed by atoms with Crippen LogP contribution in [-0.4, -0.2) is 45.7 Å². The molecular formula is C24H30N6OS. The van der Waals surface area contributed by atoms with Crippen molar-refractivity contribution in [1.82, 2.24) is 20.2 Å². The van der Waals surface area contributed by atoms with Crippen LogP contribution in [0.4, 0.5) is 5.69 Å².